The van der Waals surface area contributed by atoms with Crippen molar-refractivity contribution in [2.75, 3.05) is 12.0 Å². The number of aryl methyl sites for hydroxylation is 1. The molecule has 33 heavy (non-hydrogen) atoms. The van der Waals surface area contributed by atoms with Crippen LogP contribution in [0, 0.1) is 17.0 Å². The Morgan fingerprint density at radius 1 is 1.12 bits per heavy atom. The van der Waals surface area contributed by atoms with Crippen LogP contribution in [0.25, 0.3) is 0 Å². The molecular formula is C22H19N5O6. The summed E-state index contributed by atoms with van der Waals surface area (Å²) in [5.41, 5.74) is 4.20. The standard InChI is InChI=1S/C22H19N5O6/c1-3-32-21(29)19-13-23-22(25-14(19)2)26-24-12-15-4-10-18(11-5-15)33-20(28)16-6-8-17(9-7-16)27(30)31/h4-13H,3H2,1-2H3,(H,23,25,26). The van der Waals surface area contributed by atoms with Gasteiger partial charge < -0.3 is 9.47 Å². The summed E-state index contributed by atoms with van der Waals surface area (Å²) >= 11 is 0. The third-order valence-electron chi connectivity index (χ3n) is 4.26. The molecule has 0 fully saturated rings. The number of nitro benzene ring substituents is 1. The zero-order valence-corrected chi connectivity index (χ0v) is 17.7. The fraction of sp³-hybridized carbons (Fsp3) is 0.136. The number of benzene rings is 2. The predicted molar refractivity (Wildman–Crippen MR) is 118 cm³/mol. The normalized spacial score (nSPS) is 10.6. The van der Waals surface area contributed by atoms with Gasteiger partial charge in [0.15, 0.2) is 0 Å². The molecular weight excluding hydrogens is 430 g/mol. The molecule has 0 bridgehead atoms. The number of hydrazone groups is 1. The number of ether oxygens (including phenoxy) is 2. The second-order valence-corrected chi connectivity index (χ2v) is 6.55. The number of carbonyl (C=O) groups excluding carboxylic acids is 2. The van der Waals surface area contributed by atoms with Crippen molar-refractivity contribution >= 4 is 29.8 Å². The van der Waals surface area contributed by atoms with Gasteiger partial charge in [-0.1, -0.05) is 0 Å². The van der Waals surface area contributed by atoms with Gasteiger partial charge in [0.2, 0.25) is 5.95 Å². The summed E-state index contributed by atoms with van der Waals surface area (Å²) in [6.07, 6.45) is 2.88. The molecule has 0 atom stereocenters. The van der Waals surface area contributed by atoms with E-state index in [1.807, 2.05) is 0 Å². The summed E-state index contributed by atoms with van der Waals surface area (Å²) in [5.74, 6) is -0.603. The van der Waals surface area contributed by atoms with Crippen molar-refractivity contribution in [3.63, 3.8) is 0 Å². The van der Waals surface area contributed by atoms with Crippen LogP contribution in [0.5, 0.6) is 5.75 Å². The van der Waals surface area contributed by atoms with Gasteiger partial charge in [-0.05, 0) is 55.8 Å². The van der Waals surface area contributed by atoms with Crippen LogP contribution in [0.2, 0.25) is 0 Å². The molecule has 0 saturated carbocycles. The largest absolute Gasteiger partial charge is 0.462 e. The van der Waals surface area contributed by atoms with Gasteiger partial charge >= 0.3 is 11.9 Å². The van der Waals surface area contributed by atoms with E-state index in [1.165, 1.54) is 36.7 Å². The second kappa shape index (κ2) is 10.6. The van der Waals surface area contributed by atoms with Gasteiger partial charge in [-0.2, -0.15) is 5.10 Å². The summed E-state index contributed by atoms with van der Waals surface area (Å²) in [7, 11) is 0. The maximum absolute atomic E-state index is 12.2. The summed E-state index contributed by atoms with van der Waals surface area (Å²) in [4.78, 5) is 42.3. The SMILES string of the molecule is CCOC(=O)c1cnc(NN=Cc2ccc(OC(=O)c3ccc([N+](=O)[O-])cc3)cc2)nc1C. The predicted octanol–water partition coefficient (Wildman–Crippen LogP) is 3.54. The quantitative estimate of drug-likeness (QED) is 0.179. The van der Waals surface area contributed by atoms with Crippen molar-refractivity contribution in [3.05, 3.63) is 87.2 Å². The van der Waals surface area contributed by atoms with E-state index in [2.05, 4.69) is 20.5 Å². The highest BCUT2D eigenvalue weighted by Crippen LogP contribution is 2.16. The molecule has 0 aliphatic carbocycles. The Labute approximate surface area is 188 Å². The fourth-order valence-corrected chi connectivity index (χ4v) is 2.60. The summed E-state index contributed by atoms with van der Waals surface area (Å²) in [6.45, 7) is 3.64. The minimum Gasteiger partial charge on any atom is -0.462 e. The molecule has 0 saturated heterocycles. The Bertz CT molecular complexity index is 1190. The van der Waals surface area contributed by atoms with Crippen molar-refractivity contribution < 1.29 is 24.0 Å². The Hall–Kier alpha value is -4.67. The van der Waals surface area contributed by atoms with Gasteiger partial charge in [-0.25, -0.2) is 25.0 Å². The van der Waals surface area contributed by atoms with Crippen LogP contribution in [0.4, 0.5) is 11.6 Å². The van der Waals surface area contributed by atoms with E-state index in [9.17, 15) is 19.7 Å². The molecule has 1 aromatic heterocycles. The Morgan fingerprint density at radius 3 is 2.42 bits per heavy atom. The van der Waals surface area contributed by atoms with Crippen molar-refractivity contribution in [3.8, 4) is 5.75 Å². The van der Waals surface area contributed by atoms with Crippen molar-refractivity contribution in [2.24, 2.45) is 5.10 Å². The molecule has 1 N–H and O–H groups in total. The first-order valence-corrected chi connectivity index (χ1v) is 9.74. The third kappa shape index (κ3) is 6.17. The number of anilines is 1. The number of nitrogens with zero attached hydrogens (tertiary/aromatic N) is 4. The minimum atomic E-state index is -0.633. The van der Waals surface area contributed by atoms with E-state index in [-0.39, 0.29) is 29.4 Å². The molecule has 0 aliphatic rings. The topological polar surface area (TPSA) is 146 Å². The second-order valence-electron chi connectivity index (χ2n) is 6.55. The molecule has 2 aromatic carbocycles. The molecule has 0 amide bonds. The monoisotopic (exact) mass is 449 g/mol. The average molecular weight is 449 g/mol. The number of aromatic nitrogens is 2. The molecule has 3 rings (SSSR count). The van der Waals surface area contributed by atoms with E-state index in [0.29, 0.717) is 17.0 Å². The number of non-ortho nitro benzene ring substituents is 1. The molecule has 0 aliphatic heterocycles. The van der Waals surface area contributed by atoms with Crippen molar-refractivity contribution in [1.82, 2.24) is 9.97 Å². The smallest absolute Gasteiger partial charge is 0.343 e. The maximum atomic E-state index is 12.2. The van der Waals surface area contributed by atoms with Crippen LogP contribution in [0.1, 0.15) is 38.9 Å². The number of carbonyl (C=O) groups is 2. The van der Waals surface area contributed by atoms with E-state index < -0.39 is 16.9 Å². The molecule has 168 valence electrons. The lowest BCUT2D eigenvalue weighted by Gasteiger charge is -2.06. The van der Waals surface area contributed by atoms with Gasteiger partial charge in [-0.15, -0.1) is 0 Å². The summed E-state index contributed by atoms with van der Waals surface area (Å²) < 4.78 is 10.2. The number of nitro groups is 1. The van der Waals surface area contributed by atoms with Gasteiger partial charge in [0, 0.05) is 18.3 Å². The van der Waals surface area contributed by atoms with Crippen LogP contribution < -0.4 is 10.2 Å². The van der Waals surface area contributed by atoms with Gasteiger partial charge in [0.05, 0.1) is 34.6 Å². The Kier molecular flexibility index (Phi) is 7.37. The van der Waals surface area contributed by atoms with E-state index in [1.54, 1.807) is 38.1 Å². The molecule has 11 nitrogen and oxygen atoms in total. The molecule has 1 heterocycles. The summed E-state index contributed by atoms with van der Waals surface area (Å²) in [6, 6.07) is 11.7. The van der Waals surface area contributed by atoms with Crippen LogP contribution in [-0.2, 0) is 4.74 Å². The molecule has 0 unspecified atom stereocenters. The highest BCUT2D eigenvalue weighted by molar-refractivity contribution is 5.91. The minimum absolute atomic E-state index is 0.112. The van der Waals surface area contributed by atoms with Crippen LogP contribution in [0.3, 0.4) is 0 Å². The third-order valence-corrected chi connectivity index (χ3v) is 4.26. The molecule has 0 spiro atoms. The van der Waals surface area contributed by atoms with E-state index in [0.717, 1.165) is 0 Å². The van der Waals surface area contributed by atoms with Crippen LogP contribution in [-0.4, -0.2) is 39.7 Å². The highest BCUT2D eigenvalue weighted by Gasteiger charge is 2.13. The van der Waals surface area contributed by atoms with Gasteiger partial charge in [0.1, 0.15) is 5.75 Å². The lowest BCUT2D eigenvalue weighted by molar-refractivity contribution is -0.384. The average Bonchev–Trinajstić information content (AvgIpc) is 2.80. The highest BCUT2D eigenvalue weighted by atomic mass is 16.6. The Balaban J connectivity index is 1.57. The van der Waals surface area contributed by atoms with E-state index >= 15 is 0 Å². The lowest BCUT2D eigenvalue weighted by atomic mass is 10.2. The zero-order chi connectivity index (χ0) is 23.8. The number of hydrogen-bond acceptors (Lipinski definition) is 10. The number of esters is 2. The zero-order valence-electron chi connectivity index (χ0n) is 17.7. The first-order chi connectivity index (χ1) is 15.9. The van der Waals surface area contributed by atoms with Crippen LogP contribution in [0.15, 0.2) is 59.8 Å². The molecule has 3 aromatic rings. The van der Waals surface area contributed by atoms with E-state index in [4.69, 9.17) is 9.47 Å². The fourth-order valence-electron chi connectivity index (χ4n) is 2.60. The van der Waals surface area contributed by atoms with Crippen LogP contribution >= 0.6 is 0 Å². The van der Waals surface area contributed by atoms with Gasteiger partial charge in [-0.3, -0.25) is 10.1 Å². The number of nitrogens with one attached hydrogen (secondary N) is 1. The number of rotatable bonds is 8. The first kappa shape index (κ1) is 23.0. The number of hydrogen-bond donors (Lipinski definition) is 1. The Morgan fingerprint density at radius 2 is 1.82 bits per heavy atom. The lowest BCUT2D eigenvalue weighted by Crippen LogP contribution is -2.10. The molecule has 0 radical (unpaired) electrons. The molecule has 11 heteroatoms. The van der Waals surface area contributed by atoms with Crippen molar-refractivity contribution in [1.29, 1.82) is 0 Å². The van der Waals surface area contributed by atoms with Crippen molar-refractivity contribution in [2.45, 2.75) is 13.8 Å². The van der Waals surface area contributed by atoms with Gasteiger partial charge in [0.25, 0.3) is 5.69 Å². The summed E-state index contributed by atoms with van der Waals surface area (Å²) in [5, 5.41) is 14.7. The first-order valence-electron chi connectivity index (χ1n) is 9.74. The maximum Gasteiger partial charge on any atom is 0.343 e.